The molecule has 90 valence electrons. The fraction of sp³-hybridized carbons (Fsp3) is 0.0769. The van der Waals surface area contributed by atoms with Gasteiger partial charge in [0, 0.05) is 22.5 Å². The van der Waals surface area contributed by atoms with E-state index in [0.29, 0.717) is 0 Å². The highest BCUT2D eigenvalue weighted by Gasteiger charge is 2.05. The molecule has 0 aliphatic heterocycles. The van der Waals surface area contributed by atoms with Crippen LogP contribution in [0.5, 0.6) is 0 Å². The molecule has 3 rings (SSSR count). The lowest BCUT2D eigenvalue weighted by molar-refractivity contribution is 1.07. The minimum atomic E-state index is 0.738. The third-order valence-electron chi connectivity index (χ3n) is 2.57. The summed E-state index contributed by atoms with van der Waals surface area (Å²) in [7, 11) is 0. The monoisotopic (exact) mass is 256 g/mol. The van der Waals surface area contributed by atoms with Crippen molar-refractivity contribution in [3.8, 4) is 0 Å². The Balaban J connectivity index is 1.95. The number of aryl methyl sites for hydroxylation is 1. The second-order valence-corrected chi connectivity index (χ2v) is 5.12. The van der Waals surface area contributed by atoms with E-state index in [2.05, 4.69) is 15.0 Å². The van der Waals surface area contributed by atoms with E-state index in [0.717, 1.165) is 32.5 Å². The first-order chi connectivity index (χ1) is 8.70. The zero-order chi connectivity index (χ0) is 12.5. The van der Waals surface area contributed by atoms with E-state index in [9.17, 15) is 0 Å². The Kier molecular flexibility index (Phi) is 2.68. The molecular weight excluding hydrogens is 244 g/mol. The van der Waals surface area contributed by atoms with Crippen LogP contribution >= 0.6 is 11.8 Å². The molecular formula is C13H12N4S. The summed E-state index contributed by atoms with van der Waals surface area (Å²) in [5.74, 6) is 0. The Morgan fingerprint density at radius 2 is 2.11 bits per heavy atom. The van der Waals surface area contributed by atoms with E-state index in [1.807, 2.05) is 37.3 Å². The number of nitrogens with one attached hydrogen (secondary N) is 1. The van der Waals surface area contributed by atoms with Crippen LogP contribution in [0.25, 0.3) is 11.0 Å². The van der Waals surface area contributed by atoms with E-state index in [1.54, 1.807) is 18.0 Å². The van der Waals surface area contributed by atoms with Crippen LogP contribution in [0.3, 0.4) is 0 Å². The lowest BCUT2D eigenvalue weighted by Gasteiger charge is -1.97. The fourth-order valence-corrected chi connectivity index (χ4v) is 2.63. The highest BCUT2D eigenvalue weighted by molar-refractivity contribution is 7.99. The molecule has 0 saturated carbocycles. The summed E-state index contributed by atoms with van der Waals surface area (Å²) in [6.45, 7) is 1.98. The van der Waals surface area contributed by atoms with Gasteiger partial charge in [0.05, 0.1) is 11.0 Å². The number of hydrogen-bond donors (Lipinski definition) is 2. The molecule has 1 aromatic carbocycles. The van der Waals surface area contributed by atoms with Crippen molar-refractivity contribution in [3.63, 3.8) is 0 Å². The molecule has 0 amide bonds. The Hall–Kier alpha value is -2.01. The molecule has 0 saturated heterocycles. The molecule has 3 aromatic rings. The number of nitrogens with two attached hydrogens (primary N) is 1. The predicted octanol–water partition coefficient (Wildman–Crippen LogP) is 3.00. The topological polar surface area (TPSA) is 67.6 Å². The second-order valence-electron chi connectivity index (χ2n) is 4.05. The van der Waals surface area contributed by atoms with Crippen LogP contribution in [0.1, 0.15) is 5.69 Å². The Bertz CT molecular complexity index is 705. The average Bonchev–Trinajstić information content (AvgIpc) is 2.70. The smallest absolute Gasteiger partial charge is 0.171 e. The maximum Gasteiger partial charge on any atom is 0.171 e. The van der Waals surface area contributed by atoms with Crippen molar-refractivity contribution in [2.24, 2.45) is 0 Å². The van der Waals surface area contributed by atoms with Crippen LogP contribution in [-0.2, 0) is 0 Å². The highest BCUT2D eigenvalue weighted by Crippen LogP contribution is 2.27. The van der Waals surface area contributed by atoms with Crippen LogP contribution in [0.4, 0.5) is 5.69 Å². The van der Waals surface area contributed by atoms with Crippen molar-refractivity contribution >= 4 is 28.5 Å². The lowest BCUT2D eigenvalue weighted by Crippen LogP contribution is -1.82. The number of fused-ring (bicyclic) bond motifs is 1. The lowest BCUT2D eigenvalue weighted by atomic mass is 10.3. The van der Waals surface area contributed by atoms with Gasteiger partial charge in [-0.2, -0.15) is 0 Å². The van der Waals surface area contributed by atoms with E-state index >= 15 is 0 Å². The number of aromatic amines is 1. The number of imidazole rings is 1. The first-order valence-electron chi connectivity index (χ1n) is 5.56. The summed E-state index contributed by atoms with van der Waals surface area (Å²) >= 11 is 1.59. The van der Waals surface area contributed by atoms with Crippen LogP contribution in [0, 0.1) is 6.92 Å². The number of H-pyrrole nitrogens is 1. The molecule has 4 nitrogen and oxygen atoms in total. The van der Waals surface area contributed by atoms with Gasteiger partial charge in [0.15, 0.2) is 5.16 Å². The summed E-state index contributed by atoms with van der Waals surface area (Å²) in [5, 5.41) is 0.862. The molecule has 0 aliphatic rings. The number of aromatic nitrogens is 3. The van der Waals surface area contributed by atoms with E-state index in [1.165, 1.54) is 0 Å². The van der Waals surface area contributed by atoms with Gasteiger partial charge in [-0.3, -0.25) is 4.98 Å². The van der Waals surface area contributed by atoms with Crippen LogP contribution in [0.2, 0.25) is 0 Å². The third kappa shape index (κ3) is 2.17. The van der Waals surface area contributed by atoms with Crippen LogP contribution in [0.15, 0.2) is 46.6 Å². The summed E-state index contributed by atoms with van der Waals surface area (Å²) in [5.41, 5.74) is 9.37. The number of nitrogens with zero attached hydrogens (tertiary/aromatic N) is 2. The molecule has 0 spiro atoms. The predicted molar refractivity (Wildman–Crippen MR) is 73.6 cm³/mol. The largest absolute Gasteiger partial charge is 0.399 e. The van der Waals surface area contributed by atoms with Crippen molar-refractivity contribution < 1.29 is 0 Å². The van der Waals surface area contributed by atoms with E-state index in [4.69, 9.17) is 5.73 Å². The van der Waals surface area contributed by atoms with Crippen molar-refractivity contribution in [1.29, 1.82) is 0 Å². The van der Waals surface area contributed by atoms with Gasteiger partial charge >= 0.3 is 0 Å². The minimum absolute atomic E-state index is 0.738. The molecule has 0 bridgehead atoms. The molecule has 0 radical (unpaired) electrons. The Morgan fingerprint density at radius 1 is 1.22 bits per heavy atom. The molecule has 2 aromatic heterocycles. The van der Waals surface area contributed by atoms with Gasteiger partial charge in [0.2, 0.25) is 0 Å². The molecule has 18 heavy (non-hydrogen) atoms. The zero-order valence-electron chi connectivity index (χ0n) is 9.84. The molecule has 0 aliphatic carbocycles. The summed E-state index contributed by atoms with van der Waals surface area (Å²) in [4.78, 5) is 13.1. The second kappa shape index (κ2) is 4.34. The fourth-order valence-electron chi connectivity index (χ4n) is 1.75. The first-order valence-corrected chi connectivity index (χ1v) is 6.38. The minimum Gasteiger partial charge on any atom is -0.399 e. The van der Waals surface area contributed by atoms with Gasteiger partial charge in [0.25, 0.3) is 0 Å². The van der Waals surface area contributed by atoms with E-state index in [-0.39, 0.29) is 0 Å². The average molecular weight is 256 g/mol. The third-order valence-corrected chi connectivity index (χ3v) is 3.44. The summed E-state index contributed by atoms with van der Waals surface area (Å²) < 4.78 is 0. The van der Waals surface area contributed by atoms with Crippen molar-refractivity contribution in [2.75, 3.05) is 5.73 Å². The summed E-state index contributed by atoms with van der Waals surface area (Å²) in [6.07, 6.45) is 1.80. The molecule has 5 heteroatoms. The van der Waals surface area contributed by atoms with Crippen molar-refractivity contribution in [1.82, 2.24) is 15.0 Å². The van der Waals surface area contributed by atoms with E-state index < -0.39 is 0 Å². The van der Waals surface area contributed by atoms with Gasteiger partial charge < -0.3 is 10.7 Å². The number of rotatable bonds is 2. The van der Waals surface area contributed by atoms with Crippen LogP contribution < -0.4 is 5.73 Å². The van der Waals surface area contributed by atoms with Gasteiger partial charge in [-0.15, -0.1) is 0 Å². The maximum atomic E-state index is 5.74. The van der Waals surface area contributed by atoms with Crippen LogP contribution in [-0.4, -0.2) is 15.0 Å². The molecule has 0 unspecified atom stereocenters. The highest BCUT2D eigenvalue weighted by atomic mass is 32.2. The normalized spacial score (nSPS) is 10.9. The molecule has 0 atom stereocenters. The quantitative estimate of drug-likeness (QED) is 0.692. The molecule has 2 heterocycles. The van der Waals surface area contributed by atoms with Gasteiger partial charge in [0.1, 0.15) is 0 Å². The number of benzene rings is 1. The number of hydrogen-bond acceptors (Lipinski definition) is 4. The number of pyridine rings is 1. The molecule has 0 fully saturated rings. The number of nitrogen functional groups attached to an aromatic ring is 1. The standard InChI is InChI=1S/C13H12N4S/c1-8-6-10(4-5-15-8)18-13-16-11-3-2-9(14)7-12(11)17-13/h2-7H,14H2,1H3,(H,16,17). The van der Waals surface area contributed by atoms with Gasteiger partial charge in [-0.05, 0) is 37.3 Å². The Labute approximate surface area is 109 Å². The first kappa shape index (κ1) is 11.1. The van der Waals surface area contributed by atoms with Gasteiger partial charge in [-0.1, -0.05) is 11.8 Å². The molecule has 3 N–H and O–H groups in total. The maximum absolute atomic E-state index is 5.74. The van der Waals surface area contributed by atoms with Crippen molar-refractivity contribution in [2.45, 2.75) is 17.0 Å². The summed E-state index contributed by atoms with van der Waals surface area (Å²) in [6, 6.07) is 9.67. The SMILES string of the molecule is Cc1cc(Sc2nc3ccc(N)cc3[nH]2)ccn1. The number of anilines is 1. The Morgan fingerprint density at radius 3 is 2.94 bits per heavy atom. The van der Waals surface area contributed by atoms with Crippen molar-refractivity contribution in [3.05, 3.63) is 42.2 Å². The van der Waals surface area contributed by atoms with Gasteiger partial charge in [-0.25, -0.2) is 4.98 Å². The zero-order valence-corrected chi connectivity index (χ0v) is 10.7.